The number of nitrogens with zero attached hydrogens (tertiary/aromatic N) is 1. The molecule has 0 aliphatic rings. The van der Waals surface area contributed by atoms with Gasteiger partial charge in [-0.25, -0.2) is 0 Å². The maximum absolute atomic E-state index is 4.31. The van der Waals surface area contributed by atoms with Crippen LogP contribution in [0.15, 0.2) is 24.4 Å². The number of hydrogen-bond donors (Lipinski definition) is 0. The Labute approximate surface area is 97.7 Å². The van der Waals surface area contributed by atoms with E-state index in [4.69, 9.17) is 0 Å². The Kier molecular flexibility index (Phi) is 7.36. The predicted molar refractivity (Wildman–Crippen MR) is 69.4 cm³/mol. The third-order valence-corrected chi connectivity index (χ3v) is 3.44. The van der Waals surface area contributed by atoms with Gasteiger partial charge in [-0.15, -0.1) is 0 Å². The summed E-state index contributed by atoms with van der Waals surface area (Å²) < 4.78 is 0. The smallest absolute Gasteiger partial charge is 0.0411 e. The van der Waals surface area contributed by atoms with E-state index in [1.165, 1.54) is 42.9 Å². The molecule has 0 bridgehead atoms. The fourth-order valence-corrected chi connectivity index (χ4v) is 2.42. The molecule has 0 amide bonds. The second-order valence-corrected chi connectivity index (χ2v) is 4.97. The van der Waals surface area contributed by atoms with Crippen molar-refractivity contribution in [1.82, 2.24) is 4.98 Å². The van der Waals surface area contributed by atoms with Gasteiger partial charge in [0.25, 0.3) is 0 Å². The number of thioether (sulfide) groups is 1. The van der Waals surface area contributed by atoms with Gasteiger partial charge in [-0.3, -0.25) is 4.98 Å². The highest BCUT2D eigenvalue weighted by molar-refractivity contribution is 7.99. The van der Waals surface area contributed by atoms with E-state index >= 15 is 0 Å². The van der Waals surface area contributed by atoms with Gasteiger partial charge in [0.15, 0.2) is 0 Å². The fraction of sp³-hybridized carbons (Fsp3) is 0.615. The van der Waals surface area contributed by atoms with E-state index in [0.29, 0.717) is 0 Å². The van der Waals surface area contributed by atoms with Gasteiger partial charge in [0, 0.05) is 11.9 Å². The molecule has 1 aromatic rings. The molecular formula is C13H21NS. The average Bonchev–Trinajstić information content (AvgIpc) is 2.29. The van der Waals surface area contributed by atoms with Gasteiger partial charge in [-0.1, -0.05) is 32.3 Å². The number of hydrogen-bond acceptors (Lipinski definition) is 2. The summed E-state index contributed by atoms with van der Waals surface area (Å²) in [5, 5.41) is 0. The zero-order chi connectivity index (χ0) is 10.8. The molecule has 0 fully saturated rings. The SMILES string of the molecule is CCCCCCSCCc1ccccn1. The third kappa shape index (κ3) is 6.56. The Morgan fingerprint density at radius 1 is 1.13 bits per heavy atom. The lowest BCUT2D eigenvalue weighted by Gasteiger charge is -2.01. The Bertz CT molecular complexity index is 236. The second-order valence-electron chi connectivity index (χ2n) is 3.74. The molecule has 0 aliphatic carbocycles. The molecule has 15 heavy (non-hydrogen) atoms. The summed E-state index contributed by atoms with van der Waals surface area (Å²) in [7, 11) is 0. The molecule has 1 rings (SSSR count). The first-order chi connectivity index (χ1) is 7.43. The summed E-state index contributed by atoms with van der Waals surface area (Å²) in [6, 6.07) is 6.15. The van der Waals surface area contributed by atoms with Crippen molar-refractivity contribution in [3.63, 3.8) is 0 Å². The van der Waals surface area contributed by atoms with Crippen molar-refractivity contribution >= 4 is 11.8 Å². The molecule has 0 atom stereocenters. The molecule has 1 nitrogen and oxygen atoms in total. The minimum absolute atomic E-state index is 1.11. The lowest BCUT2D eigenvalue weighted by molar-refractivity contribution is 0.706. The Balaban J connectivity index is 1.93. The molecule has 0 aromatic carbocycles. The lowest BCUT2D eigenvalue weighted by atomic mass is 10.2. The quantitative estimate of drug-likeness (QED) is 0.619. The van der Waals surface area contributed by atoms with Crippen molar-refractivity contribution in [1.29, 1.82) is 0 Å². The van der Waals surface area contributed by atoms with E-state index in [9.17, 15) is 0 Å². The van der Waals surface area contributed by atoms with Gasteiger partial charge in [0.1, 0.15) is 0 Å². The number of aryl methyl sites for hydroxylation is 1. The zero-order valence-electron chi connectivity index (χ0n) is 9.61. The normalized spacial score (nSPS) is 10.5. The summed E-state index contributed by atoms with van der Waals surface area (Å²) >= 11 is 2.06. The highest BCUT2D eigenvalue weighted by atomic mass is 32.2. The van der Waals surface area contributed by atoms with Crippen LogP contribution in [0.2, 0.25) is 0 Å². The van der Waals surface area contributed by atoms with Gasteiger partial charge >= 0.3 is 0 Å². The number of unbranched alkanes of at least 4 members (excludes halogenated alkanes) is 3. The molecule has 0 aliphatic heterocycles. The van der Waals surface area contributed by atoms with Crippen LogP contribution in [-0.2, 0) is 6.42 Å². The van der Waals surface area contributed by atoms with Crippen LogP contribution in [0.25, 0.3) is 0 Å². The van der Waals surface area contributed by atoms with Gasteiger partial charge in [0.2, 0.25) is 0 Å². The molecule has 0 spiro atoms. The van der Waals surface area contributed by atoms with E-state index in [1.807, 2.05) is 12.3 Å². The summed E-state index contributed by atoms with van der Waals surface area (Å²) in [6.45, 7) is 2.26. The maximum Gasteiger partial charge on any atom is 0.0411 e. The monoisotopic (exact) mass is 223 g/mol. The molecule has 1 heterocycles. The van der Waals surface area contributed by atoms with Crippen molar-refractivity contribution in [2.75, 3.05) is 11.5 Å². The number of rotatable bonds is 8. The molecule has 0 radical (unpaired) electrons. The van der Waals surface area contributed by atoms with E-state index in [0.717, 1.165) is 6.42 Å². The first-order valence-electron chi connectivity index (χ1n) is 5.91. The van der Waals surface area contributed by atoms with Gasteiger partial charge in [-0.2, -0.15) is 11.8 Å². The molecule has 0 saturated carbocycles. The van der Waals surface area contributed by atoms with Gasteiger partial charge in [-0.05, 0) is 36.5 Å². The summed E-state index contributed by atoms with van der Waals surface area (Å²) in [5.74, 6) is 2.52. The number of pyridine rings is 1. The van der Waals surface area contributed by atoms with Gasteiger partial charge < -0.3 is 0 Å². The topological polar surface area (TPSA) is 12.9 Å². The van der Waals surface area contributed by atoms with E-state index < -0.39 is 0 Å². The fourth-order valence-electron chi connectivity index (χ4n) is 1.46. The second kappa shape index (κ2) is 8.78. The molecular weight excluding hydrogens is 202 g/mol. The Morgan fingerprint density at radius 3 is 2.80 bits per heavy atom. The van der Waals surface area contributed by atoms with Crippen molar-refractivity contribution < 1.29 is 0 Å². The van der Waals surface area contributed by atoms with Crippen molar-refractivity contribution in [3.8, 4) is 0 Å². The van der Waals surface area contributed by atoms with Crippen LogP contribution in [-0.4, -0.2) is 16.5 Å². The third-order valence-electron chi connectivity index (χ3n) is 2.37. The van der Waals surface area contributed by atoms with E-state index in [1.54, 1.807) is 0 Å². The molecule has 0 unspecified atom stereocenters. The molecule has 84 valence electrons. The highest BCUT2D eigenvalue weighted by Gasteiger charge is 1.94. The molecule has 1 aromatic heterocycles. The van der Waals surface area contributed by atoms with Crippen molar-refractivity contribution in [2.45, 2.75) is 39.0 Å². The minimum Gasteiger partial charge on any atom is -0.261 e. The van der Waals surface area contributed by atoms with Crippen LogP contribution in [0.5, 0.6) is 0 Å². The van der Waals surface area contributed by atoms with E-state index in [-0.39, 0.29) is 0 Å². The van der Waals surface area contributed by atoms with E-state index in [2.05, 4.69) is 35.8 Å². The molecule has 0 N–H and O–H groups in total. The maximum atomic E-state index is 4.31. The Hall–Kier alpha value is -0.500. The predicted octanol–water partition coefficient (Wildman–Crippen LogP) is 3.94. The van der Waals surface area contributed by atoms with Crippen molar-refractivity contribution in [3.05, 3.63) is 30.1 Å². The average molecular weight is 223 g/mol. The van der Waals surface area contributed by atoms with Gasteiger partial charge in [0.05, 0.1) is 0 Å². The molecule has 0 saturated heterocycles. The minimum atomic E-state index is 1.11. The van der Waals surface area contributed by atoms with Crippen LogP contribution in [0.3, 0.4) is 0 Å². The zero-order valence-corrected chi connectivity index (χ0v) is 10.4. The van der Waals surface area contributed by atoms with Crippen LogP contribution in [0.1, 0.15) is 38.3 Å². The summed E-state index contributed by atoms with van der Waals surface area (Å²) in [4.78, 5) is 4.31. The van der Waals surface area contributed by atoms with Crippen LogP contribution < -0.4 is 0 Å². The first-order valence-corrected chi connectivity index (χ1v) is 7.06. The van der Waals surface area contributed by atoms with Crippen LogP contribution in [0, 0.1) is 0 Å². The molecule has 2 heteroatoms. The lowest BCUT2D eigenvalue weighted by Crippen LogP contribution is -1.92. The van der Waals surface area contributed by atoms with Crippen LogP contribution >= 0.6 is 11.8 Å². The number of aromatic nitrogens is 1. The largest absolute Gasteiger partial charge is 0.261 e. The highest BCUT2D eigenvalue weighted by Crippen LogP contribution is 2.09. The summed E-state index contributed by atoms with van der Waals surface area (Å²) in [6.07, 6.45) is 8.48. The first kappa shape index (κ1) is 12.6. The summed E-state index contributed by atoms with van der Waals surface area (Å²) in [5.41, 5.74) is 1.22. The Morgan fingerprint density at radius 2 is 2.07 bits per heavy atom. The van der Waals surface area contributed by atoms with Crippen molar-refractivity contribution in [2.24, 2.45) is 0 Å². The standard InChI is InChI=1S/C13H21NS/c1-2-3-4-7-11-15-12-9-13-8-5-6-10-14-13/h5-6,8,10H,2-4,7,9,11-12H2,1H3. The van der Waals surface area contributed by atoms with Crippen LogP contribution in [0.4, 0.5) is 0 Å².